The smallest absolute Gasteiger partial charge is 0.226 e. The lowest BCUT2D eigenvalue weighted by Gasteiger charge is -2.10. The third kappa shape index (κ3) is 4.03. The normalized spacial score (nSPS) is 10.2. The molecule has 0 aliphatic rings. The summed E-state index contributed by atoms with van der Waals surface area (Å²) in [6.45, 7) is 0.659. The van der Waals surface area contributed by atoms with Crippen LogP contribution in [0.3, 0.4) is 0 Å². The Hall–Kier alpha value is -1.95. The van der Waals surface area contributed by atoms with E-state index in [4.69, 9.17) is 0 Å². The molecule has 1 amide bonds. The molecule has 1 heterocycles. The van der Waals surface area contributed by atoms with Crippen LogP contribution in [0.1, 0.15) is 11.3 Å². The summed E-state index contributed by atoms with van der Waals surface area (Å²) in [7, 11) is 3.53. The molecular formula is C13H16N4OS. The van der Waals surface area contributed by atoms with Crippen molar-refractivity contribution < 1.29 is 4.79 Å². The molecule has 0 fully saturated rings. The SMILES string of the molecule is CN(C)C(=O)Cc1ccc(NCc2csnn2)cc1. The van der Waals surface area contributed by atoms with Gasteiger partial charge in [0.2, 0.25) is 5.91 Å². The van der Waals surface area contributed by atoms with Gasteiger partial charge in [-0.2, -0.15) is 0 Å². The second kappa shape index (κ2) is 6.29. The number of nitrogens with zero attached hydrogens (tertiary/aromatic N) is 3. The molecule has 0 aliphatic heterocycles. The Labute approximate surface area is 116 Å². The van der Waals surface area contributed by atoms with Crippen molar-refractivity contribution in [3.8, 4) is 0 Å². The quantitative estimate of drug-likeness (QED) is 0.904. The topological polar surface area (TPSA) is 58.1 Å². The molecule has 0 atom stereocenters. The zero-order valence-corrected chi connectivity index (χ0v) is 11.8. The van der Waals surface area contributed by atoms with E-state index in [-0.39, 0.29) is 5.91 Å². The van der Waals surface area contributed by atoms with Crippen molar-refractivity contribution in [1.29, 1.82) is 0 Å². The van der Waals surface area contributed by atoms with Crippen LogP contribution >= 0.6 is 11.5 Å². The van der Waals surface area contributed by atoms with E-state index >= 15 is 0 Å². The van der Waals surface area contributed by atoms with Gasteiger partial charge in [-0.05, 0) is 29.2 Å². The molecule has 5 nitrogen and oxygen atoms in total. The molecule has 2 aromatic rings. The molecule has 6 heteroatoms. The van der Waals surface area contributed by atoms with Gasteiger partial charge in [-0.3, -0.25) is 4.79 Å². The first-order valence-corrected chi connectivity index (χ1v) is 6.77. The van der Waals surface area contributed by atoms with Crippen molar-refractivity contribution in [2.75, 3.05) is 19.4 Å². The van der Waals surface area contributed by atoms with Crippen LogP contribution in [0, 0.1) is 0 Å². The highest BCUT2D eigenvalue weighted by atomic mass is 32.1. The van der Waals surface area contributed by atoms with Crippen LogP contribution in [-0.2, 0) is 17.8 Å². The number of aromatic nitrogens is 2. The number of nitrogens with one attached hydrogen (secondary N) is 1. The van der Waals surface area contributed by atoms with Crippen molar-refractivity contribution in [1.82, 2.24) is 14.5 Å². The molecule has 0 aliphatic carbocycles. The third-order valence-electron chi connectivity index (χ3n) is 2.69. The number of amides is 1. The molecule has 1 aromatic carbocycles. The molecule has 0 bridgehead atoms. The van der Waals surface area contributed by atoms with Crippen LogP contribution in [0.15, 0.2) is 29.6 Å². The number of hydrogen-bond donors (Lipinski definition) is 1. The van der Waals surface area contributed by atoms with E-state index in [9.17, 15) is 4.79 Å². The number of carbonyl (C=O) groups excluding carboxylic acids is 1. The first kappa shape index (κ1) is 13.5. The Morgan fingerprint density at radius 1 is 1.32 bits per heavy atom. The largest absolute Gasteiger partial charge is 0.379 e. The van der Waals surface area contributed by atoms with Gasteiger partial charge in [0.05, 0.1) is 18.7 Å². The Kier molecular flexibility index (Phi) is 4.46. The summed E-state index contributed by atoms with van der Waals surface area (Å²) >= 11 is 1.34. The summed E-state index contributed by atoms with van der Waals surface area (Å²) in [6, 6.07) is 7.86. The second-order valence-electron chi connectivity index (χ2n) is 4.41. The Balaban J connectivity index is 1.89. The Morgan fingerprint density at radius 2 is 2.05 bits per heavy atom. The number of carbonyl (C=O) groups is 1. The zero-order valence-electron chi connectivity index (χ0n) is 11.0. The third-order valence-corrected chi connectivity index (χ3v) is 3.24. The van der Waals surface area contributed by atoms with E-state index in [0.717, 1.165) is 16.9 Å². The summed E-state index contributed by atoms with van der Waals surface area (Å²) in [5, 5.41) is 9.14. The van der Waals surface area contributed by atoms with Crippen LogP contribution in [-0.4, -0.2) is 34.5 Å². The fourth-order valence-electron chi connectivity index (χ4n) is 1.53. The molecule has 0 radical (unpaired) electrons. The summed E-state index contributed by atoms with van der Waals surface area (Å²) < 4.78 is 3.81. The average molecular weight is 276 g/mol. The molecule has 1 N–H and O–H groups in total. The van der Waals surface area contributed by atoms with Crippen LogP contribution in [0.4, 0.5) is 5.69 Å². The van der Waals surface area contributed by atoms with E-state index in [1.165, 1.54) is 11.5 Å². The maximum atomic E-state index is 11.6. The molecule has 0 saturated heterocycles. The van der Waals surface area contributed by atoms with E-state index in [1.807, 2.05) is 29.6 Å². The van der Waals surface area contributed by atoms with Crippen molar-refractivity contribution in [3.63, 3.8) is 0 Å². The lowest BCUT2D eigenvalue weighted by molar-refractivity contribution is -0.127. The highest BCUT2D eigenvalue weighted by Crippen LogP contribution is 2.12. The number of rotatable bonds is 5. The summed E-state index contributed by atoms with van der Waals surface area (Å²) in [5.41, 5.74) is 2.95. The van der Waals surface area contributed by atoms with Crippen LogP contribution in [0.25, 0.3) is 0 Å². The predicted octanol–water partition coefficient (Wildman–Crippen LogP) is 1.78. The standard InChI is InChI=1S/C13H16N4OS/c1-17(2)13(18)7-10-3-5-11(6-4-10)14-8-12-9-19-16-15-12/h3-6,9,14H,7-8H2,1-2H3. The van der Waals surface area contributed by atoms with Gasteiger partial charge < -0.3 is 10.2 Å². The number of anilines is 1. The van der Waals surface area contributed by atoms with Gasteiger partial charge in [-0.1, -0.05) is 16.6 Å². The van der Waals surface area contributed by atoms with Gasteiger partial charge in [0.15, 0.2) is 0 Å². The highest BCUT2D eigenvalue weighted by molar-refractivity contribution is 7.03. The van der Waals surface area contributed by atoms with Crippen LogP contribution < -0.4 is 5.32 Å². The predicted molar refractivity (Wildman–Crippen MR) is 76.1 cm³/mol. The first-order chi connectivity index (χ1) is 9.15. The van der Waals surface area contributed by atoms with Crippen LogP contribution in [0.5, 0.6) is 0 Å². The average Bonchev–Trinajstić information content (AvgIpc) is 2.91. The summed E-state index contributed by atoms with van der Waals surface area (Å²) in [4.78, 5) is 13.2. The number of likely N-dealkylation sites (N-methyl/N-ethyl adjacent to an activating group) is 1. The fourth-order valence-corrected chi connectivity index (χ4v) is 1.98. The minimum atomic E-state index is 0.106. The minimum absolute atomic E-state index is 0.106. The summed E-state index contributed by atoms with van der Waals surface area (Å²) in [6.07, 6.45) is 0.434. The van der Waals surface area contributed by atoms with Gasteiger partial charge in [0, 0.05) is 25.2 Å². The van der Waals surface area contributed by atoms with E-state index in [2.05, 4.69) is 14.9 Å². The van der Waals surface area contributed by atoms with Gasteiger partial charge in [-0.25, -0.2) is 0 Å². The Morgan fingerprint density at radius 3 is 2.63 bits per heavy atom. The van der Waals surface area contributed by atoms with Crippen molar-refractivity contribution in [3.05, 3.63) is 40.9 Å². The molecule has 0 saturated carbocycles. The molecule has 1 aromatic heterocycles. The molecule has 0 spiro atoms. The molecule has 0 unspecified atom stereocenters. The maximum absolute atomic E-state index is 11.6. The molecule has 19 heavy (non-hydrogen) atoms. The number of hydrogen-bond acceptors (Lipinski definition) is 5. The highest BCUT2D eigenvalue weighted by Gasteiger charge is 2.05. The number of benzene rings is 1. The van der Waals surface area contributed by atoms with Gasteiger partial charge in [-0.15, -0.1) is 5.10 Å². The summed E-state index contributed by atoms with van der Waals surface area (Å²) in [5.74, 6) is 0.106. The Bertz CT molecular complexity index is 522. The van der Waals surface area contributed by atoms with Gasteiger partial charge in [0.25, 0.3) is 0 Å². The van der Waals surface area contributed by atoms with Gasteiger partial charge >= 0.3 is 0 Å². The molecular weight excluding hydrogens is 260 g/mol. The monoisotopic (exact) mass is 276 g/mol. The van der Waals surface area contributed by atoms with Crippen molar-refractivity contribution in [2.45, 2.75) is 13.0 Å². The molecule has 2 rings (SSSR count). The zero-order chi connectivity index (χ0) is 13.7. The molecule has 100 valence electrons. The maximum Gasteiger partial charge on any atom is 0.226 e. The second-order valence-corrected chi connectivity index (χ2v) is 5.02. The minimum Gasteiger partial charge on any atom is -0.379 e. The van der Waals surface area contributed by atoms with Crippen LogP contribution in [0.2, 0.25) is 0 Å². The first-order valence-electron chi connectivity index (χ1n) is 5.94. The lowest BCUT2D eigenvalue weighted by atomic mass is 10.1. The lowest BCUT2D eigenvalue weighted by Crippen LogP contribution is -2.23. The fraction of sp³-hybridized carbons (Fsp3) is 0.308. The van der Waals surface area contributed by atoms with Gasteiger partial charge in [0.1, 0.15) is 0 Å². The van der Waals surface area contributed by atoms with E-state index in [1.54, 1.807) is 19.0 Å². The van der Waals surface area contributed by atoms with E-state index in [0.29, 0.717) is 13.0 Å². The van der Waals surface area contributed by atoms with Crippen molar-refractivity contribution >= 4 is 23.1 Å². The van der Waals surface area contributed by atoms with Crippen molar-refractivity contribution in [2.24, 2.45) is 0 Å². The van der Waals surface area contributed by atoms with E-state index < -0.39 is 0 Å².